The molecule has 0 bridgehead atoms. The van der Waals surface area contributed by atoms with Crippen molar-refractivity contribution >= 4 is 0 Å². The average Bonchev–Trinajstić information content (AvgIpc) is 2.76. The number of allylic oxidation sites excluding steroid dienone is 2. The molecule has 34 heavy (non-hydrogen) atoms. The molecule has 0 atom stereocenters. The van der Waals surface area contributed by atoms with Gasteiger partial charge in [-0.2, -0.15) is 8.78 Å². The van der Waals surface area contributed by atoms with E-state index in [-0.39, 0.29) is 17.5 Å². The van der Waals surface area contributed by atoms with Gasteiger partial charge in [0.15, 0.2) is 11.6 Å². The quantitative estimate of drug-likeness (QED) is 0.276. The Morgan fingerprint density at radius 2 is 1.50 bits per heavy atom. The SMILES string of the molecule is CC=CC1CCC(c2ccc(C(F)(F)OCCc3cc(F)c(OC(F)(F)F)c(F)c3)cc2)CC1. The van der Waals surface area contributed by atoms with Crippen LogP contribution in [0.3, 0.4) is 0 Å². The lowest BCUT2D eigenvalue weighted by Gasteiger charge is -2.27. The molecule has 9 heteroatoms. The molecule has 2 aromatic rings. The summed E-state index contributed by atoms with van der Waals surface area (Å²) in [5.41, 5.74) is 0.486. The van der Waals surface area contributed by atoms with E-state index in [1.807, 2.05) is 13.0 Å². The average molecular weight is 490 g/mol. The second-order valence-corrected chi connectivity index (χ2v) is 8.31. The summed E-state index contributed by atoms with van der Waals surface area (Å²) in [4.78, 5) is 0. The van der Waals surface area contributed by atoms with Crippen molar-refractivity contribution < 1.29 is 40.2 Å². The van der Waals surface area contributed by atoms with Gasteiger partial charge in [-0.25, -0.2) is 8.78 Å². The molecule has 0 amide bonds. The molecule has 0 aliphatic heterocycles. The molecule has 0 spiro atoms. The Labute approximate surface area is 193 Å². The zero-order valence-corrected chi connectivity index (χ0v) is 18.5. The van der Waals surface area contributed by atoms with E-state index in [4.69, 9.17) is 0 Å². The van der Waals surface area contributed by atoms with Gasteiger partial charge >= 0.3 is 12.5 Å². The van der Waals surface area contributed by atoms with Crippen LogP contribution in [-0.4, -0.2) is 13.0 Å². The van der Waals surface area contributed by atoms with Crippen molar-refractivity contribution in [3.05, 3.63) is 76.9 Å². The maximum atomic E-state index is 14.5. The topological polar surface area (TPSA) is 18.5 Å². The number of benzene rings is 2. The summed E-state index contributed by atoms with van der Waals surface area (Å²) in [5, 5.41) is 0. The van der Waals surface area contributed by atoms with E-state index in [9.17, 15) is 30.7 Å². The van der Waals surface area contributed by atoms with Crippen LogP contribution in [0.15, 0.2) is 48.6 Å². The molecule has 1 aliphatic rings. The van der Waals surface area contributed by atoms with E-state index in [1.165, 1.54) is 12.1 Å². The van der Waals surface area contributed by atoms with Crippen molar-refractivity contribution in [3.8, 4) is 5.75 Å². The van der Waals surface area contributed by atoms with Gasteiger partial charge in [-0.05, 0) is 74.1 Å². The van der Waals surface area contributed by atoms with Crippen molar-refractivity contribution in [2.24, 2.45) is 5.92 Å². The van der Waals surface area contributed by atoms with Crippen molar-refractivity contribution in [3.63, 3.8) is 0 Å². The zero-order chi connectivity index (χ0) is 24.9. The predicted molar refractivity (Wildman–Crippen MR) is 113 cm³/mol. The highest BCUT2D eigenvalue weighted by atomic mass is 19.4. The maximum absolute atomic E-state index is 14.5. The molecule has 0 heterocycles. The molecule has 1 saturated carbocycles. The molecule has 1 fully saturated rings. The third-order valence-corrected chi connectivity index (χ3v) is 5.90. The van der Waals surface area contributed by atoms with Gasteiger partial charge in [0.05, 0.1) is 12.2 Å². The van der Waals surface area contributed by atoms with Crippen LogP contribution in [0.2, 0.25) is 0 Å². The third-order valence-electron chi connectivity index (χ3n) is 5.90. The Bertz CT molecular complexity index is 953. The van der Waals surface area contributed by atoms with E-state index >= 15 is 0 Å². The Hall–Kier alpha value is -2.55. The van der Waals surface area contributed by atoms with E-state index in [0.717, 1.165) is 31.2 Å². The summed E-state index contributed by atoms with van der Waals surface area (Å²) in [6.07, 6.45) is -0.919. The first-order valence-electron chi connectivity index (χ1n) is 11.0. The van der Waals surface area contributed by atoms with Gasteiger partial charge in [0.2, 0.25) is 5.75 Å². The fourth-order valence-electron chi connectivity index (χ4n) is 4.22. The van der Waals surface area contributed by atoms with Crippen LogP contribution in [0, 0.1) is 17.6 Å². The fraction of sp³-hybridized carbons (Fsp3) is 0.440. The van der Waals surface area contributed by atoms with Crippen LogP contribution in [0.4, 0.5) is 30.7 Å². The molecule has 1 aliphatic carbocycles. The highest BCUT2D eigenvalue weighted by molar-refractivity contribution is 5.32. The number of alkyl halides is 5. The van der Waals surface area contributed by atoms with Crippen molar-refractivity contribution in [1.82, 2.24) is 0 Å². The van der Waals surface area contributed by atoms with Gasteiger partial charge in [0.25, 0.3) is 0 Å². The van der Waals surface area contributed by atoms with Crippen LogP contribution in [-0.2, 0) is 17.3 Å². The van der Waals surface area contributed by atoms with Crippen LogP contribution in [0.1, 0.15) is 55.2 Å². The van der Waals surface area contributed by atoms with Gasteiger partial charge in [-0.3, -0.25) is 0 Å². The normalized spacial score (nSPS) is 19.5. The van der Waals surface area contributed by atoms with E-state index in [1.54, 1.807) is 12.1 Å². The van der Waals surface area contributed by atoms with Crippen molar-refractivity contribution in [1.29, 1.82) is 0 Å². The van der Waals surface area contributed by atoms with Gasteiger partial charge in [0.1, 0.15) is 0 Å². The minimum atomic E-state index is -5.27. The Morgan fingerprint density at radius 3 is 2.03 bits per heavy atom. The second kappa shape index (κ2) is 10.8. The Morgan fingerprint density at radius 1 is 0.912 bits per heavy atom. The molecule has 2 aromatic carbocycles. The minimum absolute atomic E-state index is 0.149. The molecular weight excluding hydrogens is 465 g/mol. The van der Waals surface area contributed by atoms with E-state index in [0.29, 0.717) is 24.0 Å². The third kappa shape index (κ3) is 6.98. The van der Waals surface area contributed by atoms with Gasteiger partial charge in [-0.15, -0.1) is 13.2 Å². The van der Waals surface area contributed by atoms with Crippen molar-refractivity contribution in [2.75, 3.05) is 6.61 Å². The van der Waals surface area contributed by atoms with Gasteiger partial charge < -0.3 is 9.47 Å². The predicted octanol–water partition coefficient (Wildman–Crippen LogP) is 8.02. The Kier molecular flexibility index (Phi) is 8.28. The molecule has 0 saturated heterocycles. The maximum Gasteiger partial charge on any atom is 0.573 e. The van der Waals surface area contributed by atoms with Gasteiger partial charge in [-0.1, -0.05) is 36.4 Å². The number of ether oxygens (including phenoxy) is 2. The summed E-state index contributed by atoms with van der Waals surface area (Å²) in [6.45, 7) is 1.38. The number of halogens is 7. The molecule has 0 aromatic heterocycles. The summed E-state index contributed by atoms with van der Waals surface area (Å²) < 4.78 is 101. The second-order valence-electron chi connectivity index (χ2n) is 8.31. The highest BCUT2D eigenvalue weighted by Gasteiger charge is 2.35. The minimum Gasteiger partial charge on any atom is -0.399 e. The molecule has 2 nitrogen and oxygen atoms in total. The molecule has 0 unspecified atom stereocenters. The smallest absolute Gasteiger partial charge is 0.399 e. The van der Waals surface area contributed by atoms with Crippen LogP contribution in [0.25, 0.3) is 0 Å². The van der Waals surface area contributed by atoms with E-state index < -0.39 is 36.5 Å². The standard InChI is InChI=1S/C25H25F7O2/c1-2-3-16-4-6-18(7-5-16)19-8-10-20(11-9-19)24(28,29)33-13-12-17-14-21(26)23(22(27)15-17)34-25(30,31)32/h2-3,8-11,14-16,18H,4-7,12-13H2,1H3. The lowest BCUT2D eigenvalue weighted by Crippen LogP contribution is -2.20. The van der Waals surface area contributed by atoms with Crippen LogP contribution >= 0.6 is 0 Å². The first-order valence-corrected chi connectivity index (χ1v) is 11.0. The first-order chi connectivity index (χ1) is 16.0. The zero-order valence-electron chi connectivity index (χ0n) is 18.5. The number of hydrogen-bond acceptors (Lipinski definition) is 2. The van der Waals surface area contributed by atoms with E-state index in [2.05, 4.69) is 15.5 Å². The number of hydrogen-bond donors (Lipinski definition) is 0. The summed E-state index contributed by atoms with van der Waals surface area (Å²) in [5.74, 6) is -3.89. The lowest BCUT2D eigenvalue weighted by molar-refractivity contribution is -0.276. The fourth-order valence-corrected chi connectivity index (χ4v) is 4.22. The summed E-state index contributed by atoms with van der Waals surface area (Å²) in [7, 11) is 0. The van der Waals surface area contributed by atoms with Crippen LogP contribution in [0.5, 0.6) is 5.75 Å². The van der Waals surface area contributed by atoms with Crippen molar-refractivity contribution in [2.45, 2.75) is 57.4 Å². The molecule has 3 rings (SSSR count). The molecular formula is C25H25F7O2. The molecule has 0 radical (unpaired) electrons. The number of rotatable bonds is 8. The molecule has 0 N–H and O–H groups in total. The summed E-state index contributed by atoms with van der Waals surface area (Å²) in [6, 6.07) is 7.11. The van der Waals surface area contributed by atoms with Gasteiger partial charge in [0, 0.05) is 0 Å². The monoisotopic (exact) mass is 490 g/mol. The first kappa shape index (κ1) is 26.1. The lowest BCUT2D eigenvalue weighted by atomic mass is 9.78. The summed E-state index contributed by atoms with van der Waals surface area (Å²) >= 11 is 0. The van der Waals surface area contributed by atoms with Crippen LogP contribution < -0.4 is 4.74 Å². The molecule has 186 valence electrons. The largest absolute Gasteiger partial charge is 0.573 e. The Balaban J connectivity index is 1.56. The highest BCUT2D eigenvalue weighted by Crippen LogP contribution is 2.38.